The van der Waals surface area contributed by atoms with Crippen LogP contribution < -0.4 is 10.1 Å². The number of amides is 1. The average Bonchev–Trinajstić information content (AvgIpc) is 2.94. The van der Waals surface area contributed by atoms with Gasteiger partial charge in [-0.25, -0.2) is 0 Å². The van der Waals surface area contributed by atoms with Gasteiger partial charge in [-0.3, -0.25) is 4.79 Å². The SMILES string of the molecule is CN(CCOc1ccc(Br)cc1)C(=O)[C@H]1CCCN1. The fourth-order valence-electron chi connectivity index (χ4n) is 2.10. The molecule has 1 aromatic carbocycles. The molecule has 1 aliphatic heterocycles. The van der Waals surface area contributed by atoms with E-state index in [-0.39, 0.29) is 11.9 Å². The van der Waals surface area contributed by atoms with Gasteiger partial charge in [0.25, 0.3) is 0 Å². The molecule has 1 saturated heterocycles. The van der Waals surface area contributed by atoms with Crippen LogP contribution in [-0.4, -0.2) is 43.6 Å². The molecule has 0 saturated carbocycles. The number of carbonyl (C=O) groups is 1. The first-order valence-electron chi connectivity index (χ1n) is 6.53. The Hall–Kier alpha value is -1.07. The zero-order valence-corrected chi connectivity index (χ0v) is 12.6. The van der Waals surface area contributed by atoms with Crippen LogP contribution in [0.4, 0.5) is 0 Å². The van der Waals surface area contributed by atoms with E-state index in [1.54, 1.807) is 4.90 Å². The summed E-state index contributed by atoms with van der Waals surface area (Å²) in [7, 11) is 1.83. The number of rotatable bonds is 5. The molecule has 1 amide bonds. The summed E-state index contributed by atoms with van der Waals surface area (Å²) in [5, 5.41) is 3.21. The minimum absolute atomic E-state index is 0.00215. The molecule has 5 heteroatoms. The summed E-state index contributed by atoms with van der Waals surface area (Å²) >= 11 is 3.38. The number of ether oxygens (including phenoxy) is 1. The number of nitrogens with one attached hydrogen (secondary N) is 1. The van der Waals surface area contributed by atoms with Crippen molar-refractivity contribution in [1.29, 1.82) is 0 Å². The Bertz CT molecular complexity index is 416. The van der Waals surface area contributed by atoms with Crippen molar-refractivity contribution < 1.29 is 9.53 Å². The van der Waals surface area contributed by atoms with Crippen molar-refractivity contribution in [2.24, 2.45) is 0 Å². The first kappa shape index (κ1) is 14.3. The van der Waals surface area contributed by atoms with E-state index in [1.807, 2.05) is 31.3 Å². The van der Waals surface area contributed by atoms with Crippen molar-refractivity contribution in [2.45, 2.75) is 18.9 Å². The second-order valence-corrected chi connectivity index (χ2v) is 5.63. The van der Waals surface area contributed by atoms with Crippen molar-refractivity contribution in [2.75, 3.05) is 26.7 Å². The molecule has 0 aliphatic carbocycles. The molecule has 104 valence electrons. The summed E-state index contributed by atoms with van der Waals surface area (Å²) in [6, 6.07) is 7.69. The number of halogens is 1. The van der Waals surface area contributed by atoms with Crippen LogP contribution in [0, 0.1) is 0 Å². The maximum atomic E-state index is 12.0. The summed E-state index contributed by atoms with van der Waals surface area (Å²) in [6.07, 6.45) is 2.02. The Morgan fingerprint density at radius 3 is 2.84 bits per heavy atom. The Morgan fingerprint density at radius 1 is 1.47 bits per heavy atom. The molecule has 0 aromatic heterocycles. The van der Waals surface area contributed by atoms with Gasteiger partial charge in [0, 0.05) is 11.5 Å². The van der Waals surface area contributed by atoms with Crippen molar-refractivity contribution in [3.8, 4) is 5.75 Å². The zero-order chi connectivity index (χ0) is 13.7. The molecule has 0 unspecified atom stereocenters. The standard InChI is InChI=1S/C14H19BrN2O2/c1-17(14(18)13-3-2-8-16-13)9-10-19-12-6-4-11(15)5-7-12/h4-7,13,16H,2-3,8-10H2,1H3/t13-/m1/s1. The third-order valence-corrected chi connectivity index (χ3v) is 3.77. The van der Waals surface area contributed by atoms with E-state index in [9.17, 15) is 4.79 Å². The zero-order valence-electron chi connectivity index (χ0n) is 11.1. The number of likely N-dealkylation sites (N-methyl/N-ethyl adjacent to an activating group) is 1. The quantitative estimate of drug-likeness (QED) is 0.900. The highest BCUT2D eigenvalue weighted by Crippen LogP contribution is 2.16. The van der Waals surface area contributed by atoms with E-state index in [0.29, 0.717) is 13.2 Å². The smallest absolute Gasteiger partial charge is 0.239 e. The van der Waals surface area contributed by atoms with Gasteiger partial charge in [-0.05, 0) is 43.7 Å². The molecule has 19 heavy (non-hydrogen) atoms. The molecule has 0 radical (unpaired) electrons. The van der Waals surface area contributed by atoms with Crippen molar-refractivity contribution >= 4 is 21.8 Å². The highest BCUT2D eigenvalue weighted by atomic mass is 79.9. The van der Waals surface area contributed by atoms with E-state index in [4.69, 9.17) is 4.74 Å². The molecule has 0 bridgehead atoms. The normalized spacial score (nSPS) is 18.3. The summed E-state index contributed by atoms with van der Waals surface area (Å²) in [4.78, 5) is 13.8. The second-order valence-electron chi connectivity index (χ2n) is 4.71. The summed E-state index contributed by atoms with van der Waals surface area (Å²) < 4.78 is 6.64. The Morgan fingerprint density at radius 2 is 2.21 bits per heavy atom. The van der Waals surface area contributed by atoms with Gasteiger partial charge < -0.3 is 15.0 Å². The minimum Gasteiger partial charge on any atom is -0.492 e. The van der Waals surface area contributed by atoms with Gasteiger partial charge in [0.05, 0.1) is 12.6 Å². The maximum absolute atomic E-state index is 12.0. The van der Waals surface area contributed by atoms with Crippen LogP contribution in [0.2, 0.25) is 0 Å². The van der Waals surface area contributed by atoms with E-state index in [2.05, 4.69) is 21.2 Å². The largest absolute Gasteiger partial charge is 0.492 e. The summed E-state index contributed by atoms with van der Waals surface area (Å²) in [6.45, 7) is 2.06. The average molecular weight is 327 g/mol. The van der Waals surface area contributed by atoms with Gasteiger partial charge in [-0.1, -0.05) is 15.9 Å². The highest BCUT2D eigenvalue weighted by molar-refractivity contribution is 9.10. The topological polar surface area (TPSA) is 41.6 Å². The second kappa shape index (κ2) is 6.91. The first-order chi connectivity index (χ1) is 9.16. The van der Waals surface area contributed by atoms with Crippen LogP contribution in [0.5, 0.6) is 5.75 Å². The van der Waals surface area contributed by atoms with Crippen LogP contribution in [-0.2, 0) is 4.79 Å². The predicted molar refractivity (Wildman–Crippen MR) is 78.3 cm³/mol. The van der Waals surface area contributed by atoms with E-state index in [0.717, 1.165) is 29.6 Å². The number of hydrogen-bond donors (Lipinski definition) is 1. The lowest BCUT2D eigenvalue weighted by atomic mass is 10.2. The number of nitrogens with zero attached hydrogens (tertiary/aromatic N) is 1. The molecule has 1 atom stereocenters. The lowest BCUT2D eigenvalue weighted by Gasteiger charge is -2.21. The molecular formula is C14H19BrN2O2. The minimum atomic E-state index is -0.00215. The lowest BCUT2D eigenvalue weighted by Crippen LogP contribution is -2.43. The van der Waals surface area contributed by atoms with Gasteiger partial charge in [0.2, 0.25) is 5.91 Å². The van der Waals surface area contributed by atoms with Crippen LogP contribution >= 0.6 is 15.9 Å². The Kier molecular flexibility index (Phi) is 5.22. The lowest BCUT2D eigenvalue weighted by molar-refractivity contribution is -0.132. The molecule has 1 fully saturated rings. The fourth-order valence-corrected chi connectivity index (χ4v) is 2.37. The van der Waals surface area contributed by atoms with E-state index < -0.39 is 0 Å². The number of benzene rings is 1. The van der Waals surface area contributed by atoms with Crippen molar-refractivity contribution in [1.82, 2.24) is 10.2 Å². The van der Waals surface area contributed by atoms with Gasteiger partial charge >= 0.3 is 0 Å². The molecule has 0 spiro atoms. The molecular weight excluding hydrogens is 308 g/mol. The summed E-state index contributed by atoms with van der Waals surface area (Å²) in [5.41, 5.74) is 0. The first-order valence-corrected chi connectivity index (χ1v) is 7.33. The van der Waals surface area contributed by atoms with Crippen molar-refractivity contribution in [3.05, 3.63) is 28.7 Å². The molecule has 1 aromatic rings. The molecule has 1 aliphatic rings. The maximum Gasteiger partial charge on any atom is 0.239 e. The number of carbonyl (C=O) groups excluding carboxylic acids is 1. The summed E-state index contributed by atoms with van der Waals surface area (Å²) in [5.74, 6) is 0.986. The predicted octanol–water partition coefficient (Wildman–Crippen LogP) is 2.04. The van der Waals surface area contributed by atoms with E-state index >= 15 is 0 Å². The number of hydrogen-bond acceptors (Lipinski definition) is 3. The highest BCUT2D eigenvalue weighted by Gasteiger charge is 2.24. The van der Waals surface area contributed by atoms with Gasteiger partial charge in [-0.2, -0.15) is 0 Å². The fraction of sp³-hybridized carbons (Fsp3) is 0.500. The molecule has 4 nitrogen and oxygen atoms in total. The third-order valence-electron chi connectivity index (χ3n) is 3.24. The molecule has 2 rings (SSSR count). The van der Waals surface area contributed by atoms with Crippen LogP contribution in [0.3, 0.4) is 0 Å². The van der Waals surface area contributed by atoms with Crippen LogP contribution in [0.15, 0.2) is 28.7 Å². The van der Waals surface area contributed by atoms with Gasteiger partial charge in [0.15, 0.2) is 0 Å². The van der Waals surface area contributed by atoms with Gasteiger partial charge in [0.1, 0.15) is 12.4 Å². The third kappa shape index (κ3) is 4.21. The van der Waals surface area contributed by atoms with Crippen LogP contribution in [0.1, 0.15) is 12.8 Å². The Balaban J connectivity index is 1.72. The Labute approximate surface area is 122 Å². The molecule has 1 heterocycles. The monoisotopic (exact) mass is 326 g/mol. The van der Waals surface area contributed by atoms with Crippen LogP contribution in [0.25, 0.3) is 0 Å². The molecule has 1 N–H and O–H groups in total. The van der Waals surface area contributed by atoms with E-state index in [1.165, 1.54) is 0 Å². The van der Waals surface area contributed by atoms with Gasteiger partial charge in [-0.15, -0.1) is 0 Å². The van der Waals surface area contributed by atoms with Crippen molar-refractivity contribution in [3.63, 3.8) is 0 Å².